The van der Waals surface area contributed by atoms with Gasteiger partial charge in [0.05, 0.1) is 12.7 Å². The molecule has 11 heteroatoms. The molecule has 0 saturated carbocycles. The maximum atomic E-state index is 13.3. The average molecular weight is 409 g/mol. The first-order valence-electron chi connectivity index (χ1n) is 8.26. The molecule has 0 spiro atoms. The molecule has 146 valence electrons. The van der Waals surface area contributed by atoms with E-state index in [1.165, 1.54) is 24.4 Å². The largest absolute Gasteiger partial charge is 0.479 e. The van der Waals surface area contributed by atoms with Crippen LogP contribution < -0.4 is 10.1 Å². The fraction of sp³-hybridized carbons (Fsp3) is 0.294. The van der Waals surface area contributed by atoms with Gasteiger partial charge in [-0.3, -0.25) is 5.32 Å². The molecule has 4 rings (SSSR count). The number of halogens is 3. The smallest absolute Gasteiger partial charge is 0.416 e. The Morgan fingerprint density at radius 1 is 1.32 bits per heavy atom. The Morgan fingerprint density at radius 3 is 2.89 bits per heavy atom. The SMILES string of the molecule is COc1ncnc2sc(NC(=O)N3CCc4cccc(C(F)(F)F)c4C3)nc12. The predicted octanol–water partition coefficient (Wildman–Crippen LogP) is 3.70. The van der Waals surface area contributed by atoms with Crippen molar-refractivity contribution in [1.82, 2.24) is 19.9 Å². The molecule has 0 unspecified atom stereocenters. The van der Waals surface area contributed by atoms with Crippen LogP contribution in [0.5, 0.6) is 5.88 Å². The van der Waals surface area contributed by atoms with Gasteiger partial charge in [0.25, 0.3) is 0 Å². The van der Waals surface area contributed by atoms with Gasteiger partial charge in [-0.05, 0) is 23.6 Å². The molecule has 7 nitrogen and oxygen atoms in total. The number of nitrogens with one attached hydrogen (secondary N) is 1. The zero-order chi connectivity index (χ0) is 19.9. The summed E-state index contributed by atoms with van der Waals surface area (Å²) in [6.45, 7) is 0.193. The van der Waals surface area contributed by atoms with E-state index in [0.717, 1.165) is 17.4 Å². The molecule has 0 aliphatic carbocycles. The minimum absolute atomic E-state index is 0.120. The lowest BCUT2D eigenvalue weighted by Crippen LogP contribution is -2.39. The monoisotopic (exact) mass is 409 g/mol. The van der Waals surface area contributed by atoms with Gasteiger partial charge in [-0.2, -0.15) is 18.2 Å². The molecule has 28 heavy (non-hydrogen) atoms. The van der Waals surface area contributed by atoms with E-state index in [2.05, 4.69) is 20.3 Å². The van der Waals surface area contributed by atoms with Gasteiger partial charge in [0.15, 0.2) is 15.5 Å². The van der Waals surface area contributed by atoms with Crippen molar-refractivity contribution in [3.63, 3.8) is 0 Å². The molecule has 1 aliphatic rings. The third-order valence-corrected chi connectivity index (χ3v) is 5.31. The second kappa shape index (κ2) is 6.89. The van der Waals surface area contributed by atoms with Gasteiger partial charge in [0.2, 0.25) is 5.88 Å². The highest BCUT2D eigenvalue weighted by Crippen LogP contribution is 2.36. The number of carbonyl (C=O) groups excluding carboxylic acids is 1. The van der Waals surface area contributed by atoms with Crippen molar-refractivity contribution in [2.75, 3.05) is 19.0 Å². The van der Waals surface area contributed by atoms with E-state index in [0.29, 0.717) is 28.9 Å². The number of alkyl halides is 3. The number of fused-ring (bicyclic) bond motifs is 2. The van der Waals surface area contributed by atoms with Crippen LogP contribution in [0.3, 0.4) is 0 Å². The second-order valence-corrected chi connectivity index (χ2v) is 7.08. The van der Waals surface area contributed by atoms with Crippen molar-refractivity contribution < 1.29 is 22.7 Å². The first-order valence-corrected chi connectivity index (χ1v) is 9.08. The van der Waals surface area contributed by atoms with Gasteiger partial charge < -0.3 is 9.64 Å². The van der Waals surface area contributed by atoms with Crippen LogP contribution in [0.4, 0.5) is 23.1 Å². The van der Waals surface area contributed by atoms with E-state index in [1.54, 1.807) is 6.07 Å². The molecule has 0 bridgehead atoms. The van der Waals surface area contributed by atoms with Crippen LogP contribution in [-0.2, 0) is 19.1 Å². The number of amides is 2. The normalized spacial score (nSPS) is 14.1. The highest BCUT2D eigenvalue weighted by molar-refractivity contribution is 7.22. The molecule has 0 radical (unpaired) electrons. The summed E-state index contributed by atoms with van der Waals surface area (Å²) in [4.78, 5) is 26.7. The summed E-state index contributed by atoms with van der Waals surface area (Å²) in [5.41, 5.74) is 0.447. The van der Waals surface area contributed by atoms with Gasteiger partial charge in [-0.1, -0.05) is 23.5 Å². The zero-order valence-corrected chi connectivity index (χ0v) is 15.4. The van der Waals surface area contributed by atoms with Crippen LogP contribution in [0.15, 0.2) is 24.5 Å². The number of carbonyl (C=O) groups is 1. The van der Waals surface area contributed by atoms with E-state index in [1.807, 2.05) is 0 Å². The lowest BCUT2D eigenvalue weighted by molar-refractivity contribution is -0.138. The number of anilines is 1. The molecular weight excluding hydrogens is 395 g/mol. The van der Waals surface area contributed by atoms with Gasteiger partial charge in [0.1, 0.15) is 6.33 Å². The number of urea groups is 1. The molecule has 2 aromatic heterocycles. The second-order valence-electron chi connectivity index (χ2n) is 6.10. The number of thiazole rings is 1. The Morgan fingerprint density at radius 2 is 2.14 bits per heavy atom. The van der Waals surface area contributed by atoms with E-state index < -0.39 is 17.8 Å². The fourth-order valence-corrected chi connectivity index (χ4v) is 3.91. The Hall–Kier alpha value is -2.95. The molecule has 3 heterocycles. The Labute approximate surface area is 161 Å². The summed E-state index contributed by atoms with van der Waals surface area (Å²) >= 11 is 1.13. The van der Waals surface area contributed by atoms with Crippen molar-refractivity contribution in [2.45, 2.75) is 19.1 Å². The van der Waals surface area contributed by atoms with E-state index >= 15 is 0 Å². The van der Waals surface area contributed by atoms with Crippen molar-refractivity contribution >= 4 is 32.8 Å². The molecule has 0 atom stereocenters. The summed E-state index contributed by atoms with van der Waals surface area (Å²) in [7, 11) is 1.45. The Balaban J connectivity index is 1.56. The molecule has 3 aromatic rings. The predicted molar refractivity (Wildman–Crippen MR) is 96.3 cm³/mol. The number of aromatic nitrogens is 3. The highest BCUT2D eigenvalue weighted by Gasteiger charge is 2.36. The number of hydrogen-bond acceptors (Lipinski definition) is 6. The van der Waals surface area contributed by atoms with Crippen LogP contribution in [0.1, 0.15) is 16.7 Å². The quantitative estimate of drug-likeness (QED) is 0.698. The first kappa shape index (κ1) is 18.4. The van der Waals surface area contributed by atoms with E-state index in [-0.39, 0.29) is 23.1 Å². The summed E-state index contributed by atoms with van der Waals surface area (Å²) in [5, 5.41) is 2.90. The average Bonchev–Trinajstić information content (AvgIpc) is 3.08. The number of methoxy groups -OCH3 is 1. The number of hydrogen-bond donors (Lipinski definition) is 1. The molecule has 1 N–H and O–H groups in total. The number of benzene rings is 1. The minimum atomic E-state index is -4.47. The highest BCUT2D eigenvalue weighted by atomic mass is 32.1. The third-order valence-electron chi connectivity index (χ3n) is 4.43. The molecular formula is C17H14F3N5O2S. The number of nitrogens with zero attached hydrogens (tertiary/aromatic N) is 4. The first-order chi connectivity index (χ1) is 13.4. The van der Waals surface area contributed by atoms with Gasteiger partial charge >= 0.3 is 12.2 Å². The molecule has 1 aliphatic heterocycles. The van der Waals surface area contributed by atoms with Gasteiger partial charge in [-0.25, -0.2) is 14.8 Å². The molecule has 2 amide bonds. The van der Waals surface area contributed by atoms with E-state index in [4.69, 9.17) is 4.74 Å². The van der Waals surface area contributed by atoms with Crippen molar-refractivity contribution in [1.29, 1.82) is 0 Å². The van der Waals surface area contributed by atoms with Crippen molar-refractivity contribution in [3.8, 4) is 5.88 Å². The van der Waals surface area contributed by atoms with E-state index in [9.17, 15) is 18.0 Å². The summed E-state index contributed by atoms with van der Waals surface area (Å²) in [6, 6.07) is 3.58. The number of ether oxygens (including phenoxy) is 1. The van der Waals surface area contributed by atoms with Crippen LogP contribution in [0, 0.1) is 0 Å². The zero-order valence-electron chi connectivity index (χ0n) is 14.6. The maximum absolute atomic E-state index is 13.3. The molecule has 0 saturated heterocycles. The van der Waals surface area contributed by atoms with Crippen molar-refractivity contribution in [3.05, 3.63) is 41.2 Å². The van der Waals surface area contributed by atoms with Crippen LogP contribution in [-0.4, -0.2) is 39.5 Å². The fourth-order valence-electron chi connectivity index (χ4n) is 3.13. The van der Waals surface area contributed by atoms with Crippen LogP contribution >= 0.6 is 11.3 Å². The van der Waals surface area contributed by atoms with Gasteiger partial charge in [-0.15, -0.1) is 0 Å². The minimum Gasteiger partial charge on any atom is -0.479 e. The maximum Gasteiger partial charge on any atom is 0.416 e. The molecule has 0 fully saturated rings. The summed E-state index contributed by atoms with van der Waals surface area (Å²) < 4.78 is 45.0. The van der Waals surface area contributed by atoms with Crippen LogP contribution in [0.25, 0.3) is 10.3 Å². The lowest BCUT2D eigenvalue weighted by atomic mass is 9.95. The topological polar surface area (TPSA) is 80.2 Å². The summed E-state index contributed by atoms with van der Waals surface area (Å²) in [6.07, 6.45) is -2.79. The Kier molecular flexibility index (Phi) is 4.53. The third kappa shape index (κ3) is 3.33. The molecule has 1 aromatic carbocycles. The van der Waals surface area contributed by atoms with Crippen LogP contribution in [0.2, 0.25) is 0 Å². The Bertz CT molecular complexity index is 1050. The van der Waals surface area contributed by atoms with Crippen molar-refractivity contribution in [2.24, 2.45) is 0 Å². The summed E-state index contributed by atoms with van der Waals surface area (Å²) in [5.74, 6) is 0.281. The standard InChI is InChI=1S/C17H14F3N5O2S/c1-27-13-12-14(22-8-21-13)28-15(23-12)24-16(26)25-6-5-9-3-2-4-11(10(9)7-25)17(18,19)20/h2-4,8H,5-7H2,1H3,(H,23,24,26). The number of rotatable bonds is 2. The van der Waals surface area contributed by atoms with Gasteiger partial charge in [0, 0.05) is 13.1 Å². The lowest BCUT2D eigenvalue weighted by Gasteiger charge is -2.30.